The number of rotatable bonds is 8. The molecule has 0 saturated carbocycles. The molecule has 1 atom stereocenters. The molecule has 0 fully saturated rings. The van der Waals surface area contributed by atoms with E-state index >= 15 is 0 Å². The van der Waals surface area contributed by atoms with Gasteiger partial charge >= 0.3 is 0 Å². The number of ketones is 1. The van der Waals surface area contributed by atoms with Gasteiger partial charge in [-0.15, -0.1) is 0 Å². The topological polar surface area (TPSA) is 75.4 Å². The average molecular weight is 448 g/mol. The minimum atomic E-state index is -0.685. The maximum absolute atomic E-state index is 13.1. The summed E-state index contributed by atoms with van der Waals surface area (Å²) in [6, 6.07) is 15.7. The Hall–Kier alpha value is -3.64. The molecule has 6 nitrogen and oxygen atoms in total. The molecular formula is C25H22ClN3O3. The highest BCUT2D eigenvalue weighted by Crippen LogP contribution is 2.38. The van der Waals surface area contributed by atoms with E-state index < -0.39 is 23.5 Å². The molecule has 1 unspecified atom stereocenters. The van der Waals surface area contributed by atoms with Crippen LogP contribution in [0.3, 0.4) is 0 Å². The van der Waals surface area contributed by atoms with Crippen molar-refractivity contribution in [2.75, 3.05) is 6.54 Å². The van der Waals surface area contributed by atoms with Gasteiger partial charge in [-0.3, -0.25) is 9.59 Å². The summed E-state index contributed by atoms with van der Waals surface area (Å²) in [5.41, 5.74) is 1.64. The van der Waals surface area contributed by atoms with Gasteiger partial charge in [-0.25, -0.2) is 4.98 Å². The molecule has 4 rings (SSSR count). The molecule has 0 bridgehead atoms. The summed E-state index contributed by atoms with van der Waals surface area (Å²) in [5.74, 6) is -1.46. The van der Waals surface area contributed by atoms with Crippen LogP contribution in [0.25, 0.3) is 6.08 Å². The highest BCUT2D eigenvalue weighted by atomic mass is 35.5. The fourth-order valence-electron chi connectivity index (χ4n) is 3.80. The van der Waals surface area contributed by atoms with Crippen LogP contribution in [-0.2, 0) is 16.1 Å². The number of aromatic nitrogens is 2. The lowest BCUT2D eigenvalue weighted by Gasteiger charge is -2.26. The first kappa shape index (κ1) is 21.6. The molecule has 1 aliphatic heterocycles. The van der Waals surface area contributed by atoms with Gasteiger partial charge in [0, 0.05) is 30.5 Å². The fourth-order valence-corrected chi connectivity index (χ4v) is 3.92. The van der Waals surface area contributed by atoms with Crippen molar-refractivity contribution in [2.45, 2.75) is 19.0 Å². The number of aryl methyl sites for hydroxylation is 1. The lowest BCUT2D eigenvalue weighted by atomic mass is 9.95. The van der Waals surface area contributed by atoms with Crippen LogP contribution in [-0.4, -0.2) is 37.8 Å². The molecule has 0 spiro atoms. The number of imidazole rings is 1. The smallest absolute Gasteiger partial charge is 0.290 e. The number of aliphatic hydroxyl groups is 1. The van der Waals surface area contributed by atoms with Crippen LogP contribution in [0.4, 0.5) is 0 Å². The van der Waals surface area contributed by atoms with Crippen LogP contribution in [0.2, 0.25) is 5.02 Å². The van der Waals surface area contributed by atoms with Gasteiger partial charge in [-0.1, -0.05) is 60.1 Å². The largest absolute Gasteiger partial charge is 0.503 e. The number of hydrogen-bond acceptors (Lipinski definition) is 4. The maximum Gasteiger partial charge on any atom is 0.290 e. The Morgan fingerprint density at radius 1 is 1.09 bits per heavy atom. The molecule has 1 N–H and O–H groups in total. The van der Waals surface area contributed by atoms with Gasteiger partial charge in [-0.05, 0) is 35.8 Å². The molecule has 162 valence electrons. The molecule has 1 aliphatic rings. The summed E-state index contributed by atoms with van der Waals surface area (Å²) in [6.45, 7) is 1.03. The molecule has 0 aliphatic carbocycles. The van der Waals surface area contributed by atoms with Crippen molar-refractivity contribution in [1.82, 2.24) is 14.5 Å². The highest BCUT2D eigenvalue weighted by molar-refractivity contribution is 6.30. The van der Waals surface area contributed by atoms with Gasteiger partial charge < -0.3 is 14.6 Å². The van der Waals surface area contributed by atoms with Crippen LogP contribution in [0.1, 0.15) is 23.6 Å². The summed E-state index contributed by atoms with van der Waals surface area (Å²) < 4.78 is 1.92. The van der Waals surface area contributed by atoms with Crippen molar-refractivity contribution in [3.05, 3.63) is 107 Å². The molecule has 7 heteroatoms. The number of carbonyl (C=O) groups is 2. The van der Waals surface area contributed by atoms with E-state index in [0.717, 1.165) is 5.56 Å². The lowest BCUT2D eigenvalue weighted by Crippen LogP contribution is -2.32. The van der Waals surface area contributed by atoms with Crippen LogP contribution in [0.15, 0.2) is 90.7 Å². The molecule has 2 heterocycles. The summed E-state index contributed by atoms with van der Waals surface area (Å²) in [7, 11) is 0. The molecule has 3 aromatic rings. The second-order valence-electron chi connectivity index (χ2n) is 7.48. The Morgan fingerprint density at radius 2 is 1.84 bits per heavy atom. The molecule has 0 radical (unpaired) electrons. The van der Waals surface area contributed by atoms with Crippen molar-refractivity contribution in [1.29, 1.82) is 0 Å². The van der Waals surface area contributed by atoms with E-state index in [1.54, 1.807) is 47.8 Å². The quantitative estimate of drug-likeness (QED) is 0.512. The highest BCUT2D eigenvalue weighted by Gasteiger charge is 2.42. The van der Waals surface area contributed by atoms with Crippen molar-refractivity contribution >= 4 is 29.4 Å². The monoisotopic (exact) mass is 447 g/mol. The number of benzene rings is 2. The number of halogens is 1. The van der Waals surface area contributed by atoms with E-state index in [0.29, 0.717) is 30.1 Å². The normalized spacial score (nSPS) is 16.3. The van der Waals surface area contributed by atoms with Gasteiger partial charge in [0.15, 0.2) is 11.5 Å². The first-order chi connectivity index (χ1) is 15.5. The zero-order valence-electron chi connectivity index (χ0n) is 17.3. The predicted molar refractivity (Wildman–Crippen MR) is 123 cm³/mol. The van der Waals surface area contributed by atoms with E-state index in [1.807, 2.05) is 41.1 Å². The van der Waals surface area contributed by atoms with Gasteiger partial charge in [0.25, 0.3) is 5.91 Å². The van der Waals surface area contributed by atoms with Crippen LogP contribution in [0, 0.1) is 0 Å². The summed E-state index contributed by atoms with van der Waals surface area (Å²) in [6.07, 6.45) is 8.96. The van der Waals surface area contributed by atoms with Gasteiger partial charge in [-0.2, -0.15) is 0 Å². The number of carbonyl (C=O) groups excluding carboxylic acids is 2. The number of nitrogens with zero attached hydrogens (tertiary/aromatic N) is 3. The summed E-state index contributed by atoms with van der Waals surface area (Å²) in [4.78, 5) is 31.6. The van der Waals surface area contributed by atoms with Crippen LogP contribution >= 0.6 is 11.6 Å². The van der Waals surface area contributed by atoms with Gasteiger partial charge in [0.05, 0.1) is 17.9 Å². The van der Waals surface area contributed by atoms with Gasteiger partial charge in [0.2, 0.25) is 0 Å². The van der Waals surface area contributed by atoms with Crippen LogP contribution < -0.4 is 0 Å². The zero-order chi connectivity index (χ0) is 22.5. The first-order valence-electron chi connectivity index (χ1n) is 10.3. The number of hydrogen-bond donors (Lipinski definition) is 1. The van der Waals surface area contributed by atoms with E-state index in [4.69, 9.17) is 11.6 Å². The number of aliphatic hydroxyl groups excluding tert-OH is 1. The molecule has 32 heavy (non-hydrogen) atoms. The van der Waals surface area contributed by atoms with Crippen molar-refractivity contribution in [3.8, 4) is 0 Å². The average Bonchev–Trinajstić information content (AvgIpc) is 3.41. The van der Waals surface area contributed by atoms with Crippen LogP contribution in [0.5, 0.6) is 0 Å². The standard InChI is InChI=1S/C25H22ClN3O3/c26-20-10-8-19(9-11-20)23-22(21(30)12-7-18-5-2-1-3-6-18)24(31)25(32)29(23)15-4-14-28-16-13-27-17-28/h1-3,5-13,16-17,23,31H,4,14-15H2. The third-order valence-electron chi connectivity index (χ3n) is 5.36. The predicted octanol–water partition coefficient (Wildman–Crippen LogP) is 4.60. The second kappa shape index (κ2) is 9.66. The lowest BCUT2D eigenvalue weighted by molar-refractivity contribution is -0.129. The number of allylic oxidation sites excluding steroid dienone is 1. The Morgan fingerprint density at radius 3 is 2.53 bits per heavy atom. The molecule has 0 saturated heterocycles. The van der Waals surface area contributed by atoms with Crippen molar-refractivity contribution in [3.63, 3.8) is 0 Å². The third-order valence-corrected chi connectivity index (χ3v) is 5.61. The Kier molecular flexibility index (Phi) is 6.52. The molecule has 1 amide bonds. The zero-order valence-corrected chi connectivity index (χ0v) is 18.0. The maximum atomic E-state index is 13.1. The Balaban J connectivity index is 1.61. The Labute approximate surface area is 191 Å². The first-order valence-corrected chi connectivity index (χ1v) is 10.6. The molecule has 2 aromatic carbocycles. The van der Waals surface area contributed by atoms with Crippen molar-refractivity contribution < 1.29 is 14.7 Å². The summed E-state index contributed by atoms with van der Waals surface area (Å²) >= 11 is 6.04. The van der Waals surface area contributed by atoms with E-state index in [9.17, 15) is 14.7 Å². The molecular weight excluding hydrogens is 426 g/mol. The Bertz CT molecular complexity index is 1150. The SMILES string of the molecule is O=C(C=Cc1ccccc1)C1=C(O)C(=O)N(CCCn2ccnc2)C1c1ccc(Cl)cc1. The summed E-state index contributed by atoms with van der Waals surface area (Å²) in [5, 5.41) is 11.2. The second-order valence-corrected chi connectivity index (χ2v) is 7.91. The fraction of sp³-hybridized carbons (Fsp3) is 0.160. The van der Waals surface area contributed by atoms with Crippen molar-refractivity contribution in [2.24, 2.45) is 0 Å². The minimum absolute atomic E-state index is 0.0761. The number of amides is 1. The van der Waals surface area contributed by atoms with Gasteiger partial charge in [0.1, 0.15) is 0 Å². The molecule has 1 aromatic heterocycles. The van der Waals surface area contributed by atoms with E-state index in [2.05, 4.69) is 4.98 Å². The van der Waals surface area contributed by atoms with E-state index in [-0.39, 0.29) is 5.57 Å². The van der Waals surface area contributed by atoms with E-state index in [1.165, 1.54) is 6.08 Å². The third kappa shape index (κ3) is 4.65. The minimum Gasteiger partial charge on any atom is -0.503 e.